The standard InChI is InChI=1S/C12H14N4O2/c1-8(13)6-15-11-2-3-12(16(17)18)9-4-5-14-7-10(9)11/h2-5,7-8,15H,6,13H2,1H3. The number of pyridine rings is 1. The van der Waals surface area contributed by atoms with Gasteiger partial charge in [-0.3, -0.25) is 15.1 Å². The van der Waals surface area contributed by atoms with Gasteiger partial charge in [-0.05, 0) is 19.1 Å². The van der Waals surface area contributed by atoms with E-state index < -0.39 is 4.92 Å². The first-order valence-corrected chi connectivity index (χ1v) is 5.60. The fraction of sp³-hybridized carbons (Fsp3) is 0.250. The largest absolute Gasteiger partial charge is 0.383 e. The maximum atomic E-state index is 10.9. The Balaban J connectivity index is 2.50. The number of anilines is 1. The number of hydrogen-bond acceptors (Lipinski definition) is 5. The third-order valence-electron chi connectivity index (χ3n) is 2.61. The van der Waals surface area contributed by atoms with Crippen LogP contribution in [0.3, 0.4) is 0 Å². The average Bonchev–Trinajstić information content (AvgIpc) is 2.35. The van der Waals surface area contributed by atoms with Crippen molar-refractivity contribution in [3.8, 4) is 0 Å². The van der Waals surface area contributed by atoms with Gasteiger partial charge in [0.15, 0.2) is 0 Å². The number of nitrogens with zero attached hydrogens (tertiary/aromatic N) is 2. The minimum absolute atomic E-state index is 0.00640. The third-order valence-corrected chi connectivity index (χ3v) is 2.61. The van der Waals surface area contributed by atoms with Crippen LogP contribution in [0, 0.1) is 10.1 Å². The van der Waals surface area contributed by atoms with Gasteiger partial charge in [-0.2, -0.15) is 0 Å². The average molecular weight is 246 g/mol. The van der Waals surface area contributed by atoms with Crippen LogP contribution in [0.1, 0.15) is 6.92 Å². The van der Waals surface area contributed by atoms with E-state index in [4.69, 9.17) is 5.73 Å². The molecule has 0 spiro atoms. The summed E-state index contributed by atoms with van der Waals surface area (Å²) in [6.45, 7) is 2.49. The molecule has 18 heavy (non-hydrogen) atoms. The van der Waals surface area contributed by atoms with Crippen LogP contribution in [-0.4, -0.2) is 22.5 Å². The predicted octanol–water partition coefficient (Wildman–Crippen LogP) is 1.90. The maximum Gasteiger partial charge on any atom is 0.277 e. The van der Waals surface area contributed by atoms with E-state index in [0.717, 1.165) is 11.1 Å². The molecule has 2 aromatic rings. The molecule has 6 heteroatoms. The zero-order chi connectivity index (χ0) is 13.1. The molecule has 6 nitrogen and oxygen atoms in total. The van der Waals surface area contributed by atoms with E-state index in [-0.39, 0.29) is 11.7 Å². The highest BCUT2D eigenvalue weighted by atomic mass is 16.6. The van der Waals surface area contributed by atoms with Crippen LogP contribution in [0.25, 0.3) is 10.8 Å². The van der Waals surface area contributed by atoms with E-state index in [2.05, 4.69) is 10.3 Å². The smallest absolute Gasteiger partial charge is 0.277 e. The van der Waals surface area contributed by atoms with Gasteiger partial charge in [0.25, 0.3) is 5.69 Å². The van der Waals surface area contributed by atoms with Crippen molar-refractivity contribution in [1.82, 2.24) is 4.98 Å². The Bertz CT molecular complexity index is 583. The summed E-state index contributed by atoms with van der Waals surface area (Å²) in [7, 11) is 0. The Morgan fingerprint density at radius 1 is 1.44 bits per heavy atom. The Kier molecular flexibility index (Phi) is 3.38. The van der Waals surface area contributed by atoms with Gasteiger partial charge in [0.1, 0.15) is 0 Å². The van der Waals surface area contributed by atoms with E-state index >= 15 is 0 Å². The molecule has 3 N–H and O–H groups in total. The number of benzene rings is 1. The first-order valence-electron chi connectivity index (χ1n) is 5.60. The van der Waals surface area contributed by atoms with Crippen molar-refractivity contribution in [2.45, 2.75) is 13.0 Å². The maximum absolute atomic E-state index is 10.9. The van der Waals surface area contributed by atoms with Crippen molar-refractivity contribution in [2.75, 3.05) is 11.9 Å². The molecule has 0 radical (unpaired) electrons. The topological polar surface area (TPSA) is 94.1 Å². The molecular formula is C12H14N4O2. The highest BCUT2D eigenvalue weighted by Crippen LogP contribution is 2.30. The monoisotopic (exact) mass is 246 g/mol. The number of nitro groups is 1. The molecule has 1 atom stereocenters. The molecule has 0 bridgehead atoms. The van der Waals surface area contributed by atoms with Crippen molar-refractivity contribution in [1.29, 1.82) is 0 Å². The minimum Gasteiger partial charge on any atom is -0.383 e. The lowest BCUT2D eigenvalue weighted by Crippen LogP contribution is -2.25. The number of hydrogen-bond donors (Lipinski definition) is 2. The Morgan fingerprint density at radius 3 is 2.89 bits per heavy atom. The van der Waals surface area contributed by atoms with Crippen LogP contribution in [0.4, 0.5) is 11.4 Å². The van der Waals surface area contributed by atoms with Gasteiger partial charge in [0.05, 0.1) is 10.3 Å². The molecule has 0 amide bonds. The summed E-state index contributed by atoms with van der Waals surface area (Å²) in [6.07, 6.45) is 3.16. The first-order chi connectivity index (χ1) is 8.59. The number of non-ortho nitro benzene ring substituents is 1. The molecule has 0 aliphatic rings. The summed E-state index contributed by atoms with van der Waals surface area (Å²) >= 11 is 0. The van der Waals surface area contributed by atoms with Crippen molar-refractivity contribution >= 4 is 22.1 Å². The molecular weight excluding hydrogens is 232 g/mol. The Labute approximate surface area is 104 Å². The molecule has 1 aromatic heterocycles. The van der Waals surface area contributed by atoms with Crippen LogP contribution in [0.5, 0.6) is 0 Å². The van der Waals surface area contributed by atoms with Crippen molar-refractivity contribution < 1.29 is 4.92 Å². The number of aromatic nitrogens is 1. The quantitative estimate of drug-likeness (QED) is 0.634. The second-order valence-electron chi connectivity index (χ2n) is 4.17. The second kappa shape index (κ2) is 4.97. The SMILES string of the molecule is CC(N)CNc1ccc([N+](=O)[O-])c2ccncc12. The molecule has 94 valence electrons. The van der Waals surface area contributed by atoms with E-state index in [1.807, 2.05) is 6.92 Å². The molecule has 1 heterocycles. The molecule has 0 aliphatic carbocycles. The first kappa shape index (κ1) is 12.3. The van der Waals surface area contributed by atoms with Gasteiger partial charge >= 0.3 is 0 Å². The molecule has 1 unspecified atom stereocenters. The van der Waals surface area contributed by atoms with Gasteiger partial charge in [-0.1, -0.05) is 0 Å². The summed E-state index contributed by atoms with van der Waals surface area (Å²) in [5.74, 6) is 0. The number of fused-ring (bicyclic) bond motifs is 1. The van der Waals surface area contributed by atoms with Gasteiger partial charge in [0, 0.05) is 42.1 Å². The summed E-state index contributed by atoms with van der Waals surface area (Å²) in [5.41, 5.74) is 6.56. The predicted molar refractivity (Wildman–Crippen MR) is 70.5 cm³/mol. The van der Waals surface area contributed by atoms with Crippen LogP contribution < -0.4 is 11.1 Å². The van der Waals surface area contributed by atoms with E-state index in [1.165, 1.54) is 6.07 Å². The van der Waals surface area contributed by atoms with E-state index in [9.17, 15) is 10.1 Å². The number of rotatable bonds is 4. The lowest BCUT2D eigenvalue weighted by molar-refractivity contribution is -0.383. The zero-order valence-corrected chi connectivity index (χ0v) is 9.96. The fourth-order valence-electron chi connectivity index (χ4n) is 1.76. The Morgan fingerprint density at radius 2 is 2.22 bits per heavy atom. The number of nitro benzene ring substituents is 1. The summed E-state index contributed by atoms with van der Waals surface area (Å²) in [5, 5.41) is 15.4. The van der Waals surface area contributed by atoms with Crippen molar-refractivity contribution in [2.24, 2.45) is 5.73 Å². The number of nitrogens with two attached hydrogens (primary N) is 1. The summed E-state index contributed by atoms with van der Waals surface area (Å²) in [4.78, 5) is 14.6. The lowest BCUT2D eigenvalue weighted by atomic mass is 10.1. The highest BCUT2D eigenvalue weighted by molar-refractivity contribution is 5.99. The normalized spacial score (nSPS) is 12.3. The summed E-state index contributed by atoms with van der Waals surface area (Å²) < 4.78 is 0. The Hall–Kier alpha value is -2.21. The van der Waals surface area contributed by atoms with Crippen LogP contribution in [0.2, 0.25) is 0 Å². The molecule has 0 saturated heterocycles. The summed E-state index contributed by atoms with van der Waals surface area (Å²) in [6, 6.07) is 4.83. The van der Waals surface area contributed by atoms with E-state index in [1.54, 1.807) is 24.5 Å². The van der Waals surface area contributed by atoms with Gasteiger partial charge < -0.3 is 11.1 Å². The molecule has 0 fully saturated rings. The van der Waals surface area contributed by atoms with Gasteiger partial charge in [-0.25, -0.2) is 0 Å². The van der Waals surface area contributed by atoms with Crippen molar-refractivity contribution in [3.63, 3.8) is 0 Å². The van der Waals surface area contributed by atoms with Crippen LogP contribution >= 0.6 is 0 Å². The second-order valence-corrected chi connectivity index (χ2v) is 4.17. The zero-order valence-electron chi connectivity index (χ0n) is 9.96. The van der Waals surface area contributed by atoms with E-state index in [0.29, 0.717) is 11.9 Å². The van der Waals surface area contributed by atoms with Gasteiger partial charge in [-0.15, -0.1) is 0 Å². The molecule has 2 rings (SSSR count). The fourth-order valence-corrected chi connectivity index (χ4v) is 1.76. The molecule has 1 aromatic carbocycles. The van der Waals surface area contributed by atoms with Crippen LogP contribution in [0.15, 0.2) is 30.6 Å². The molecule has 0 saturated carbocycles. The highest BCUT2D eigenvalue weighted by Gasteiger charge is 2.13. The van der Waals surface area contributed by atoms with Crippen LogP contribution in [-0.2, 0) is 0 Å². The minimum atomic E-state index is -0.391. The number of nitrogens with one attached hydrogen (secondary N) is 1. The molecule has 0 aliphatic heterocycles. The third kappa shape index (κ3) is 2.38. The van der Waals surface area contributed by atoms with Crippen molar-refractivity contribution in [3.05, 3.63) is 40.7 Å². The lowest BCUT2D eigenvalue weighted by Gasteiger charge is -2.11. The van der Waals surface area contributed by atoms with Gasteiger partial charge in [0.2, 0.25) is 0 Å².